The van der Waals surface area contributed by atoms with Gasteiger partial charge < -0.3 is 47.0 Å². The number of benzene rings is 1. The van der Waals surface area contributed by atoms with Crippen LogP contribution in [-0.2, 0) is 0 Å². The van der Waals surface area contributed by atoms with Crippen molar-refractivity contribution < 1.29 is 25.2 Å². The molecule has 0 saturated carbocycles. The van der Waals surface area contributed by atoms with Crippen LogP contribution in [0.3, 0.4) is 0 Å². The zero-order chi connectivity index (χ0) is 23.7. The predicted molar refractivity (Wildman–Crippen MR) is 120 cm³/mol. The highest BCUT2D eigenvalue weighted by Gasteiger charge is 2.29. The van der Waals surface area contributed by atoms with Crippen LogP contribution in [0.5, 0.6) is 5.75 Å². The molecule has 9 N–H and O–H groups in total. The van der Waals surface area contributed by atoms with Gasteiger partial charge in [-0.15, -0.1) is 0 Å². The van der Waals surface area contributed by atoms with E-state index < -0.39 is 23.9 Å². The average Bonchev–Trinajstić information content (AvgIpc) is 2.72. The third-order valence-electron chi connectivity index (χ3n) is 5.58. The van der Waals surface area contributed by atoms with Gasteiger partial charge in [0, 0.05) is 56.4 Å². The highest BCUT2D eigenvalue weighted by atomic mass is 16.4. The molecule has 4 atom stereocenters. The lowest BCUT2D eigenvalue weighted by atomic mass is 10.0. The van der Waals surface area contributed by atoms with E-state index in [1.807, 2.05) is 4.90 Å². The van der Waals surface area contributed by atoms with Gasteiger partial charge in [-0.25, -0.2) is 4.79 Å². The van der Waals surface area contributed by atoms with Crippen LogP contribution in [0.1, 0.15) is 23.2 Å². The molecule has 13 nitrogen and oxygen atoms in total. The summed E-state index contributed by atoms with van der Waals surface area (Å²) in [6, 6.07) is 3.71. The summed E-state index contributed by atoms with van der Waals surface area (Å²) in [6.07, 6.45) is -0.519. The maximum atomic E-state index is 11.2. The molecule has 4 rings (SSSR count). The Morgan fingerprint density at radius 3 is 2.06 bits per heavy atom. The van der Waals surface area contributed by atoms with E-state index >= 15 is 0 Å². The van der Waals surface area contributed by atoms with Gasteiger partial charge >= 0.3 is 5.97 Å². The second kappa shape index (κ2) is 9.31. The highest BCUT2D eigenvalue weighted by molar-refractivity contribution is 5.91. The van der Waals surface area contributed by atoms with Crippen molar-refractivity contribution >= 4 is 29.5 Å². The fraction of sp³-hybridized carbons (Fsp3) is 0.500. The first-order valence-electron chi connectivity index (χ1n) is 10.6. The minimum Gasteiger partial charge on any atom is -0.507 e. The van der Waals surface area contributed by atoms with Gasteiger partial charge in [0.2, 0.25) is 17.8 Å². The molecule has 0 spiro atoms. The van der Waals surface area contributed by atoms with Crippen LogP contribution in [-0.4, -0.2) is 91.8 Å². The van der Waals surface area contributed by atoms with Crippen molar-refractivity contribution in [2.24, 2.45) is 11.5 Å². The Morgan fingerprint density at radius 1 is 0.939 bits per heavy atom. The number of nitrogens with two attached hydrogens (primary N) is 2. The molecule has 13 heteroatoms. The van der Waals surface area contributed by atoms with Crippen molar-refractivity contribution in [2.45, 2.75) is 37.1 Å². The summed E-state index contributed by atoms with van der Waals surface area (Å²) in [5.74, 6) is -0.936. The normalized spacial score (nSPS) is 25.7. The molecule has 1 aromatic heterocycles. The Bertz CT molecular complexity index is 960. The monoisotopic (exact) mass is 460 g/mol. The van der Waals surface area contributed by atoms with Gasteiger partial charge in [0.25, 0.3) is 0 Å². The van der Waals surface area contributed by atoms with E-state index in [4.69, 9.17) is 16.6 Å². The number of aromatic nitrogens is 3. The Hall–Kier alpha value is -3.26. The van der Waals surface area contributed by atoms with Gasteiger partial charge in [0.15, 0.2) is 0 Å². The zero-order valence-corrected chi connectivity index (χ0v) is 17.9. The molecule has 0 aliphatic carbocycles. The van der Waals surface area contributed by atoms with Crippen LogP contribution in [0.15, 0.2) is 18.2 Å². The molecule has 2 fully saturated rings. The molecule has 2 aliphatic rings. The molecule has 2 aliphatic heterocycles. The fourth-order valence-corrected chi connectivity index (χ4v) is 4.16. The number of phenols is 1. The number of carboxylic acids is 1. The number of nitrogens with zero attached hydrogens (tertiary/aromatic N) is 5. The quantitative estimate of drug-likeness (QED) is 0.280. The molecule has 33 heavy (non-hydrogen) atoms. The van der Waals surface area contributed by atoms with Crippen LogP contribution in [0.4, 0.5) is 23.5 Å². The van der Waals surface area contributed by atoms with Crippen molar-refractivity contribution in [3.8, 4) is 5.75 Å². The Labute approximate surface area is 189 Å². The van der Waals surface area contributed by atoms with E-state index in [0.29, 0.717) is 31.1 Å². The number of aliphatic hydroxyl groups is 2. The zero-order valence-electron chi connectivity index (χ0n) is 17.9. The fourth-order valence-electron chi connectivity index (χ4n) is 4.16. The topological polar surface area (TPSA) is 207 Å². The summed E-state index contributed by atoms with van der Waals surface area (Å²) in [6.45, 7) is 1.48. The Kier molecular flexibility index (Phi) is 6.47. The first-order chi connectivity index (χ1) is 15.7. The smallest absolute Gasteiger partial charge is 0.339 e. The number of carbonyl (C=O) groups is 1. The number of β-amino-alcohol motifs (C(OH)–C–C–N with tert-alkyl or cyclic N) is 2. The molecule has 0 radical (unpaired) electrons. The summed E-state index contributed by atoms with van der Waals surface area (Å²) in [7, 11) is 0. The SMILES string of the molecule is N[C@@H]1C[C@H](N)CN(c2nc(Nc3ccc(C(=O)O)c(O)c3)nc(N3C[C@H](O)C[C@@H](O)C3)n2)C1. The number of aromatic hydroxyl groups is 1. The lowest BCUT2D eigenvalue weighted by Gasteiger charge is -2.36. The van der Waals surface area contributed by atoms with Crippen LogP contribution in [0.25, 0.3) is 0 Å². The van der Waals surface area contributed by atoms with E-state index in [1.54, 1.807) is 4.90 Å². The van der Waals surface area contributed by atoms with Crippen molar-refractivity contribution in [1.82, 2.24) is 15.0 Å². The first-order valence-corrected chi connectivity index (χ1v) is 10.6. The van der Waals surface area contributed by atoms with Crippen LogP contribution >= 0.6 is 0 Å². The van der Waals surface area contributed by atoms with Gasteiger partial charge in [-0.3, -0.25) is 0 Å². The van der Waals surface area contributed by atoms with Crippen LogP contribution < -0.4 is 26.6 Å². The third kappa shape index (κ3) is 5.39. The minimum absolute atomic E-state index is 0.139. The van der Waals surface area contributed by atoms with E-state index in [0.717, 1.165) is 0 Å². The molecule has 0 bridgehead atoms. The summed E-state index contributed by atoms with van der Waals surface area (Å²) in [5, 5.41) is 42.3. The number of piperidine rings is 2. The van der Waals surface area contributed by atoms with Gasteiger partial charge in [0.05, 0.1) is 12.2 Å². The highest BCUT2D eigenvalue weighted by Crippen LogP contribution is 2.27. The van der Waals surface area contributed by atoms with Gasteiger partial charge in [-0.2, -0.15) is 15.0 Å². The number of aliphatic hydroxyl groups excluding tert-OH is 2. The van der Waals surface area contributed by atoms with Gasteiger partial charge in [-0.1, -0.05) is 0 Å². The van der Waals surface area contributed by atoms with E-state index in [2.05, 4.69) is 20.3 Å². The van der Waals surface area contributed by atoms with Gasteiger partial charge in [0.1, 0.15) is 11.3 Å². The number of hydrogen-bond donors (Lipinski definition) is 7. The first kappa shape index (κ1) is 22.9. The van der Waals surface area contributed by atoms with Gasteiger partial charge in [-0.05, 0) is 18.6 Å². The molecule has 1 aromatic carbocycles. The molecule has 0 unspecified atom stereocenters. The summed E-state index contributed by atoms with van der Waals surface area (Å²) in [4.78, 5) is 28.1. The summed E-state index contributed by atoms with van der Waals surface area (Å²) < 4.78 is 0. The summed E-state index contributed by atoms with van der Waals surface area (Å²) >= 11 is 0. The lowest BCUT2D eigenvalue weighted by Crippen LogP contribution is -2.53. The van der Waals surface area contributed by atoms with Crippen molar-refractivity contribution in [3.63, 3.8) is 0 Å². The third-order valence-corrected chi connectivity index (χ3v) is 5.58. The Morgan fingerprint density at radius 2 is 1.52 bits per heavy atom. The number of aromatic carboxylic acids is 1. The van der Waals surface area contributed by atoms with Crippen molar-refractivity contribution in [1.29, 1.82) is 0 Å². The average molecular weight is 460 g/mol. The Balaban J connectivity index is 1.68. The number of nitrogens with one attached hydrogen (secondary N) is 1. The van der Waals surface area contributed by atoms with Crippen molar-refractivity contribution in [2.75, 3.05) is 41.3 Å². The standard InChI is InChI=1S/C20H28N8O5/c21-10-3-11(22)7-27(6-10)19-24-18(23-12-1-2-15(17(32)33)16(31)4-12)25-20(26-19)28-8-13(29)5-14(30)9-28/h1-2,4,10-11,13-14,29-31H,3,5-9,21-22H2,(H,32,33)(H,23,24,25,26)/t10-,11+,13-,14-/m1/s1. The van der Waals surface area contributed by atoms with Crippen LogP contribution in [0, 0.1) is 0 Å². The predicted octanol–water partition coefficient (Wildman–Crippen LogP) is -1.18. The molecule has 178 valence electrons. The second-order valence-electron chi connectivity index (χ2n) is 8.53. The number of hydrogen-bond acceptors (Lipinski definition) is 12. The van der Waals surface area contributed by atoms with Crippen molar-refractivity contribution in [3.05, 3.63) is 23.8 Å². The second-order valence-corrected chi connectivity index (χ2v) is 8.53. The molecule has 2 aromatic rings. The van der Waals surface area contributed by atoms with Crippen LogP contribution in [0.2, 0.25) is 0 Å². The number of rotatable bonds is 5. The van der Waals surface area contributed by atoms with E-state index in [1.165, 1.54) is 18.2 Å². The lowest BCUT2D eigenvalue weighted by molar-refractivity contribution is 0.0643. The molecule has 2 saturated heterocycles. The van der Waals surface area contributed by atoms with E-state index in [-0.39, 0.29) is 49.1 Å². The maximum Gasteiger partial charge on any atom is 0.339 e. The molecular weight excluding hydrogens is 432 g/mol. The molecule has 3 heterocycles. The maximum absolute atomic E-state index is 11.2. The largest absolute Gasteiger partial charge is 0.507 e. The molecule has 0 amide bonds. The number of anilines is 4. The minimum atomic E-state index is -1.25. The summed E-state index contributed by atoms with van der Waals surface area (Å²) in [5.41, 5.74) is 12.4. The van der Waals surface area contributed by atoms with E-state index in [9.17, 15) is 20.1 Å². The number of carboxylic acid groups (broad SMARTS) is 1. The molecular formula is C20H28N8O5.